The second-order valence-electron chi connectivity index (χ2n) is 8.47. The normalized spacial score (nSPS) is 13.8. The van der Waals surface area contributed by atoms with E-state index in [1.54, 1.807) is 30.3 Å². The fourth-order valence-electron chi connectivity index (χ4n) is 4.09. The van der Waals surface area contributed by atoms with E-state index in [-0.39, 0.29) is 18.1 Å². The number of hydrogen-bond acceptors (Lipinski definition) is 5. The molecule has 0 spiro atoms. The third-order valence-electron chi connectivity index (χ3n) is 5.99. The van der Waals surface area contributed by atoms with Crippen molar-refractivity contribution in [3.8, 4) is 11.6 Å². The zero-order chi connectivity index (χ0) is 26.9. The van der Waals surface area contributed by atoms with Crippen molar-refractivity contribution in [2.45, 2.75) is 12.6 Å². The van der Waals surface area contributed by atoms with Gasteiger partial charge in [0.1, 0.15) is 12.1 Å². The summed E-state index contributed by atoms with van der Waals surface area (Å²) in [7, 11) is 0. The summed E-state index contributed by atoms with van der Waals surface area (Å²) in [6, 6.07) is 12.1. The van der Waals surface area contributed by atoms with Gasteiger partial charge in [0.25, 0.3) is 0 Å². The lowest BCUT2D eigenvalue weighted by Crippen LogP contribution is -2.33. The van der Waals surface area contributed by atoms with Crippen LogP contribution in [0.4, 0.5) is 28.4 Å². The van der Waals surface area contributed by atoms with Crippen LogP contribution < -0.4 is 10.1 Å². The van der Waals surface area contributed by atoms with Gasteiger partial charge in [-0.2, -0.15) is 13.2 Å². The van der Waals surface area contributed by atoms with Crippen LogP contribution in [0, 0.1) is 0 Å². The van der Waals surface area contributed by atoms with Gasteiger partial charge in [-0.1, -0.05) is 12.1 Å². The van der Waals surface area contributed by atoms with Crippen molar-refractivity contribution in [1.82, 2.24) is 19.4 Å². The summed E-state index contributed by atoms with van der Waals surface area (Å²) in [6.45, 7) is 0.649. The highest BCUT2D eigenvalue weighted by molar-refractivity contribution is 5.98. The molecule has 2 amide bonds. The largest absolute Gasteiger partial charge is 0.465 e. The number of ether oxygens (including phenoxy) is 1. The molecular formula is C26H20F3N5O4. The highest BCUT2D eigenvalue weighted by Gasteiger charge is 2.30. The van der Waals surface area contributed by atoms with E-state index in [9.17, 15) is 22.8 Å². The molecule has 9 nitrogen and oxygen atoms in total. The Hall–Kier alpha value is -4.87. The average molecular weight is 523 g/mol. The van der Waals surface area contributed by atoms with Crippen molar-refractivity contribution in [1.29, 1.82) is 0 Å². The Kier molecular flexibility index (Phi) is 6.45. The molecule has 194 valence electrons. The predicted octanol–water partition coefficient (Wildman–Crippen LogP) is 6.09. The van der Waals surface area contributed by atoms with Crippen molar-refractivity contribution in [3.05, 3.63) is 84.5 Å². The minimum Gasteiger partial charge on any atom is -0.465 e. The molecule has 1 aliphatic rings. The molecule has 4 aromatic rings. The SMILES string of the molecule is O=C(O)N1CC=C(c2cc(Oc3ccc4c(ccn4C(=O)Nc4cccc(C(F)(F)F)c4)c3)ncn2)CC1. The molecule has 0 atom stereocenters. The van der Waals surface area contributed by atoms with Gasteiger partial charge in [0.05, 0.1) is 16.8 Å². The number of alkyl halides is 3. The average Bonchev–Trinajstić information content (AvgIpc) is 3.32. The molecule has 12 heteroatoms. The van der Waals surface area contributed by atoms with Gasteiger partial charge in [0, 0.05) is 36.4 Å². The molecule has 2 aromatic heterocycles. The molecule has 0 aliphatic carbocycles. The second kappa shape index (κ2) is 9.88. The summed E-state index contributed by atoms with van der Waals surface area (Å²) in [4.78, 5) is 33.6. The topological polar surface area (TPSA) is 110 Å². The molecular weight excluding hydrogens is 503 g/mol. The molecule has 5 rings (SSSR count). The molecule has 0 radical (unpaired) electrons. The number of hydrogen-bond donors (Lipinski definition) is 2. The number of aromatic nitrogens is 3. The number of fused-ring (bicyclic) bond motifs is 1. The number of benzene rings is 2. The number of carbonyl (C=O) groups excluding carboxylic acids is 1. The highest BCUT2D eigenvalue weighted by Crippen LogP contribution is 2.31. The summed E-state index contributed by atoms with van der Waals surface area (Å²) in [5.74, 6) is 0.741. The molecule has 2 aromatic carbocycles. The Morgan fingerprint density at radius 1 is 1.05 bits per heavy atom. The summed E-state index contributed by atoms with van der Waals surface area (Å²) in [5, 5.41) is 12.3. The molecule has 1 aliphatic heterocycles. The lowest BCUT2D eigenvalue weighted by molar-refractivity contribution is -0.137. The highest BCUT2D eigenvalue weighted by atomic mass is 19.4. The quantitative estimate of drug-likeness (QED) is 0.335. The molecule has 0 saturated heterocycles. The number of halogens is 3. The van der Waals surface area contributed by atoms with Crippen LogP contribution in [-0.2, 0) is 6.18 Å². The molecule has 3 heterocycles. The Morgan fingerprint density at radius 2 is 1.89 bits per heavy atom. The zero-order valence-corrected chi connectivity index (χ0v) is 19.6. The molecule has 0 bridgehead atoms. The maximum Gasteiger partial charge on any atom is 0.416 e. The van der Waals surface area contributed by atoms with E-state index in [0.717, 1.165) is 17.7 Å². The molecule has 0 saturated carbocycles. The first-order chi connectivity index (χ1) is 18.2. The Bertz CT molecular complexity index is 1560. The van der Waals surface area contributed by atoms with Crippen LogP contribution >= 0.6 is 0 Å². The monoisotopic (exact) mass is 523 g/mol. The van der Waals surface area contributed by atoms with Crippen molar-refractivity contribution < 1.29 is 32.6 Å². The molecule has 0 fully saturated rings. The van der Waals surface area contributed by atoms with Gasteiger partial charge in [-0.3, -0.25) is 4.57 Å². The van der Waals surface area contributed by atoms with E-state index in [1.165, 1.54) is 34.1 Å². The number of carbonyl (C=O) groups is 2. The number of nitrogens with one attached hydrogen (secondary N) is 1. The molecule has 38 heavy (non-hydrogen) atoms. The lowest BCUT2D eigenvalue weighted by atomic mass is 10.0. The maximum absolute atomic E-state index is 13.0. The van der Waals surface area contributed by atoms with Crippen LogP contribution in [0.15, 0.2) is 73.2 Å². The number of rotatable bonds is 4. The van der Waals surface area contributed by atoms with Gasteiger partial charge in [-0.15, -0.1) is 0 Å². The van der Waals surface area contributed by atoms with Crippen molar-refractivity contribution in [2.24, 2.45) is 0 Å². The van der Waals surface area contributed by atoms with E-state index < -0.39 is 23.9 Å². The fourth-order valence-corrected chi connectivity index (χ4v) is 4.09. The first-order valence-corrected chi connectivity index (χ1v) is 11.4. The van der Waals surface area contributed by atoms with Gasteiger partial charge < -0.3 is 20.1 Å². The van der Waals surface area contributed by atoms with E-state index in [2.05, 4.69) is 15.3 Å². The van der Waals surface area contributed by atoms with E-state index in [1.807, 2.05) is 6.08 Å². The Balaban J connectivity index is 1.31. The predicted molar refractivity (Wildman–Crippen MR) is 132 cm³/mol. The van der Waals surface area contributed by atoms with Crippen molar-refractivity contribution in [3.63, 3.8) is 0 Å². The lowest BCUT2D eigenvalue weighted by Gasteiger charge is -2.23. The van der Waals surface area contributed by atoms with Crippen LogP contribution in [0.3, 0.4) is 0 Å². The summed E-state index contributed by atoms with van der Waals surface area (Å²) < 4.78 is 46.1. The summed E-state index contributed by atoms with van der Waals surface area (Å²) >= 11 is 0. The van der Waals surface area contributed by atoms with Crippen molar-refractivity contribution in [2.75, 3.05) is 18.4 Å². The van der Waals surface area contributed by atoms with Gasteiger partial charge in [-0.25, -0.2) is 19.6 Å². The third kappa shape index (κ3) is 5.28. The smallest absolute Gasteiger partial charge is 0.416 e. The number of anilines is 1. The molecule has 2 N–H and O–H groups in total. The maximum atomic E-state index is 13.0. The number of carboxylic acid groups (broad SMARTS) is 1. The van der Waals surface area contributed by atoms with Gasteiger partial charge >= 0.3 is 18.3 Å². The fraction of sp³-hybridized carbons (Fsp3) is 0.154. The van der Waals surface area contributed by atoms with Crippen LogP contribution in [0.25, 0.3) is 16.5 Å². The van der Waals surface area contributed by atoms with Gasteiger partial charge in [0.2, 0.25) is 5.88 Å². The Morgan fingerprint density at radius 3 is 2.63 bits per heavy atom. The number of amides is 2. The first kappa shape index (κ1) is 24.8. The standard InChI is InChI=1S/C26H20F3N5O4/c27-26(28,29)18-2-1-3-19(13-18)32-24(35)34-11-8-17-12-20(4-5-22(17)34)38-23-14-21(30-15-31-23)16-6-9-33(10-7-16)25(36)37/h1-6,8,11-15H,7,9-10H2,(H,32,35)(H,36,37). The van der Waals surface area contributed by atoms with Crippen LogP contribution in [0.2, 0.25) is 0 Å². The zero-order valence-electron chi connectivity index (χ0n) is 19.6. The van der Waals surface area contributed by atoms with E-state index in [4.69, 9.17) is 9.84 Å². The van der Waals surface area contributed by atoms with Gasteiger partial charge in [0.15, 0.2) is 0 Å². The van der Waals surface area contributed by atoms with Crippen LogP contribution in [0.5, 0.6) is 11.6 Å². The van der Waals surface area contributed by atoms with Gasteiger partial charge in [-0.05, 0) is 54.5 Å². The number of nitrogens with zero attached hydrogens (tertiary/aromatic N) is 4. The van der Waals surface area contributed by atoms with Crippen LogP contribution in [-0.4, -0.2) is 49.8 Å². The third-order valence-corrected chi connectivity index (χ3v) is 5.99. The first-order valence-electron chi connectivity index (χ1n) is 11.4. The summed E-state index contributed by atoms with van der Waals surface area (Å²) in [6.07, 6.45) is -0.285. The van der Waals surface area contributed by atoms with Crippen molar-refractivity contribution >= 4 is 34.3 Å². The van der Waals surface area contributed by atoms with E-state index >= 15 is 0 Å². The molecule has 0 unspecified atom stereocenters. The minimum absolute atomic E-state index is 0.0231. The summed E-state index contributed by atoms with van der Waals surface area (Å²) in [5.41, 5.74) is 1.23. The minimum atomic E-state index is -4.52. The van der Waals surface area contributed by atoms with Crippen LogP contribution in [0.1, 0.15) is 17.7 Å². The Labute approximate surface area is 213 Å². The van der Waals surface area contributed by atoms with E-state index in [0.29, 0.717) is 35.3 Å². The second-order valence-corrected chi connectivity index (χ2v) is 8.47.